The minimum Gasteiger partial charge on any atom is -0.455 e. The van der Waals surface area contributed by atoms with Gasteiger partial charge in [-0.2, -0.15) is 0 Å². The first-order valence-corrected chi connectivity index (χ1v) is 10.3. The highest BCUT2D eigenvalue weighted by atomic mass is 16.7. The van der Waals surface area contributed by atoms with Gasteiger partial charge in [-0.1, -0.05) is 34.9 Å². The van der Waals surface area contributed by atoms with Crippen LogP contribution in [0.15, 0.2) is 46.6 Å². The zero-order valence-electron chi connectivity index (χ0n) is 18.3. The molecule has 1 fully saturated rings. The van der Waals surface area contributed by atoms with Gasteiger partial charge >= 0.3 is 5.97 Å². The molecule has 1 aliphatic heterocycles. The lowest BCUT2D eigenvalue weighted by Gasteiger charge is -2.22. The van der Waals surface area contributed by atoms with Gasteiger partial charge in [-0.25, -0.2) is 0 Å². The number of ketones is 1. The molecule has 1 aliphatic carbocycles. The molecular formula is C24H34O5. The molecule has 0 aromatic heterocycles. The summed E-state index contributed by atoms with van der Waals surface area (Å²) in [6.45, 7) is 9.43. The fourth-order valence-electron chi connectivity index (χ4n) is 3.63. The van der Waals surface area contributed by atoms with Crippen molar-refractivity contribution in [1.29, 1.82) is 0 Å². The van der Waals surface area contributed by atoms with Crippen LogP contribution in [0.25, 0.3) is 0 Å². The average Bonchev–Trinajstić information content (AvgIpc) is 3.39. The number of fused-ring (bicyclic) bond motifs is 1. The van der Waals surface area contributed by atoms with Crippen molar-refractivity contribution in [3.63, 3.8) is 0 Å². The smallest absolute Gasteiger partial charge is 0.303 e. The summed E-state index contributed by atoms with van der Waals surface area (Å²) < 4.78 is 11.1. The van der Waals surface area contributed by atoms with Crippen LogP contribution >= 0.6 is 0 Å². The van der Waals surface area contributed by atoms with Crippen molar-refractivity contribution in [3.8, 4) is 0 Å². The number of hydrogen-bond acceptors (Lipinski definition) is 5. The van der Waals surface area contributed by atoms with Gasteiger partial charge in [0.05, 0.1) is 6.61 Å². The Morgan fingerprint density at radius 3 is 2.28 bits per heavy atom. The van der Waals surface area contributed by atoms with Crippen molar-refractivity contribution in [1.82, 2.24) is 0 Å². The molecule has 3 atom stereocenters. The quantitative estimate of drug-likeness (QED) is 0.334. The molecule has 5 nitrogen and oxygen atoms in total. The molecule has 0 bridgehead atoms. The van der Waals surface area contributed by atoms with E-state index in [0.717, 1.165) is 36.8 Å². The minimum absolute atomic E-state index is 0.0329. The number of epoxide rings is 1. The first-order valence-electron chi connectivity index (χ1n) is 10.3. The predicted molar refractivity (Wildman–Crippen MR) is 113 cm³/mol. The van der Waals surface area contributed by atoms with Gasteiger partial charge in [0.25, 0.3) is 0 Å². The lowest BCUT2D eigenvalue weighted by molar-refractivity contribution is -0.145. The van der Waals surface area contributed by atoms with Crippen molar-refractivity contribution in [3.05, 3.63) is 46.6 Å². The van der Waals surface area contributed by atoms with Crippen LogP contribution in [0, 0.1) is 0 Å². The molecule has 0 amide bonds. The van der Waals surface area contributed by atoms with Gasteiger partial charge in [-0.3, -0.25) is 9.59 Å². The maximum absolute atomic E-state index is 12.5. The Morgan fingerprint density at radius 2 is 1.69 bits per heavy atom. The second-order valence-electron chi connectivity index (χ2n) is 8.30. The summed E-state index contributed by atoms with van der Waals surface area (Å²) in [7, 11) is 0. The number of aliphatic hydroxyl groups excluding tert-OH is 1. The molecule has 0 aromatic carbocycles. The highest BCUT2D eigenvalue weighted by Gasteiger charge is 2.67. The Balaban J connectivity index is 1.85. The van der Waals surface area contributed by atoms with Crippen LogP contribution < -0.4 is 0 Å². The molecule has 1 saturated heterocycles. The number of aliphatic hydroxyl groups is 1. The van der Waals surface area contributed by atoms with Gasteiger partial charge in [-0.15, -0.1) is 0 Å². The van der Waals surface area contributed by atoms with E-state index in [1.54, 1.807) is 13.0 Å². The number of carbonyl (C=O) groups is 2. The van der Waals surface area contributed by atoms with E-state index in [4.69, 9.17) is 14.6 Å². The van der Waals surface area contributed by atoms with Crippen molar-refractivity contribution >= 4 is 11.8 Å². The second-order valence-corrected chi connectivity index (χ2v) is 8.30. The minimum atomic E-state index is -0.858. The van der Waals surface area contributed by atoms with E-state index in [1.165, 1.54) is 18.1 Å². The summed E-state index contributed by atoms with van der Waals surface area (Å²) in [6.07, 6.45) is 11.5. The fraction of sp³-hybridized carbons (Fsp3) is 0.583. The van der Waals surface area contributed by atoms with Crippen LogP contribution in [0.4, 0.5) is 0 Å². The summed E-state index contributed by atoms with van der Waals surface area (Å²) in [5, 5.41) is 9.01. The molecule has 2 rings (SSSR count). The molecule has 29 heavy (non-hydrogen) atoms. The first kappa shape index (κ1) is 23.3. The van der Waals surface area contributed by atoms with Crippen molar-refractivity contribution in [2.24, 2.45) is 0 Å². The molecule has 0 unspecified atom stereocenters. The molecular weight excluding hydrogens is 368 g/mol. The number of allylic oxidation sites excluding steroid dienone is 4. The highest BCUT2D eigenvalue weighted by Crippen LogP contribution is 2.49. The SMILES string of the molecule is CC(=O)O[C@@H]1C(C)=CC(=O)[C@]2(CC=C(C)CCC=C(C)CCC=C(C)CO)O[C@H]12. The summed E-state index contributed by atoms with van der Waals surface area (Å²) >= 11 is 0. The highest BCUT2D eigenvalue weighted by molar-refractivity contribution is 6.02. The van der Waals surface area contributed by atoms with E-state index < -0.39 is 11.7 Å². The molecule has 1 heterocycles. The third kappa shape index (κ3) is 6.25. The van der Waals surface area contributed by atoms with Gasteiger partial charge in [0.2, 0.25) is 0 Å². The third-order valence-corrected chi connectivity index (χ3v) is 5.60. The zero-order valence-corrected chi connectivity index (χ0v) is 18.3. The fourth-order valence-corrected chi connectivity index (χ4v) is 3.63. The van der Waals surface area contributed by atoms with Crippen LogP contribution in [-0.4, -0.2) is 41.3 Å². The zero-order chi connectivity index (χ0) is 21.6. The first-order chi connectivity index (χ1) is 13.7. The lowest BCUT2D eigenvalue weighted by Crippen LogP contribution is -2.38. The summed E-state index contributed by atoms with van der Waals surface area (Å²) in [4.78, 5) is 23.8. The maximum atomic E-state index is 12.5. The van der Waals surface area contributed by atoms with Crippen molar-refractivity contribution < 1.29 is 24.2 Å². The van der Waals surface area contributed by atoms with Crippen LogP contribution in [-0.2, 0) is 19.1 Å². The van der Waals surface area contributed by atoms with Gasteiger partial charge < -0.3 is 14.6 Å². The van der Waals surface area contributed by atoms with Crippen molar-refractivity contribution in [2.45, 2.75) is 84.5 Å². The molecule has 160 valence electrons. The monoisotopic (exact) mass is 402 g/mol. The number of carbonyl (C=O) groups excluding carboxylic acids is 2. The van der Waals surface area contributed by atoms with Crippen molar-refractivity contribution in [2.75, 3.05) is 6.61 Å². The Hall–Kier alpha value is -1.98. The molecule has 0 spiro atoms. The molecule has 0 saturated carbocycles. The van der Waals surface area contributed by atoms with E-state index in [2.05, 4.69) is 32.1 Å². The molecule has 0 radical (unpaired) electrons. The normalized spacial score (nSPS) is 27.4. The summed E-state index contributed by atoms with van der Waals surface area (Å²) in [5.74, 6) is -0.396. The second kappa shape index (κ2) is 10.2. The van der Waals surface area contributed by atoms with Crippen LogP contribution in [0.3, 0.4) is 0 Å². The van der Waals surface area contributed by atoms with E-state index in [9.17, 15) is 9.59 Å². The lowest BCUT2D eigenvalue weighted by atomic mass is 9.84. The molecule has 5 heteroatoms. The van der Waals surface area contributed by atoms with E-state index >= 15 is 0 Å². The number of rotatable bonds is 10. The van der Waals surface area contributed by atoms with E-state index in [-0.39, 0.29) is 24.5 Å². The average molecular weight is 403 g/mol. The number of hydrogen-bond donors (Lipinski definition) is 1. The summed E-state index contributed by atoms with van der Waals surface area (Å²) in [6, 6.07) is 0. The van der Waals surface area contributed by atoms with Gasteiger partial charge in [-0.05, 0) is 65.0 Å². The molecule has 2 aliphatic rings. The largest absolute Gasteiger partial charge is 0.455 e. The molecule has 0 aromatic rings. The van der Waals surface area contributed by atoms with Crippen LogP contribution in [0.1, 0.15) is 66.7 Å². The topological polar surface area (TPSA) is 76.1 Å². The number of esters is 1. The van der Waals surface area contributed by atoms with Gasteiger partial charge in [0.1, 0.15) is 6.10 Å². The Bertz CT molecular complexity index is 755. The third-order valence-electron chi connectivity index (χ3n) is 5.60. The van der Waals surface area contributed by atoms with E-state index in [0.29, 0.717) is 6.42 Å². The van der Waals surface area contributed by atoms with Gasteiger partial charge in [0.15, 0.2) is 17.5 Å². The Morgan fingerprint density at radius 1 is 1.10 bits per heavy atom. The van der Waals surface area contributed by atoms with Crippen LogP contribution in [0.5, 0.6) is 0 Å². The predicted octanol–water partition coefficient (Wildman–Crippen LogP) is 4.37. The summed E-state index contributed by atoms with van der Waals surface area (Å²) in [5.41, 5.74) is 3.46. The standard InChI is InChI=1S/C24H34O5/c1-16(9-7-11-18(3)15-25)8-6-10-17(2)12-13-24-21(27)14-19(4)22(23(24)29-24)28-20(5)26/h8,11-12,14,22-23,25H,6-7,9-10,13,15H2,1-5H3/t22-,23-,24+/m1/s1. The molecule has 1 N–H and O–H groups in total. The Labute approximate surface area is 174 Å². The Kier molecular flexibility index (Phi) is 8.17. The van der Waals surface area contributed by atoms with Crippen LogP contribution in [0.2, 0.25) is 0 Å². The van der Waals surface area contributed by atoms with E-state index in [1.807, 2.05) is 6.92 Å². The number of ether oxygens (including phenoxy) is 2. The van der Waals surface area contributed by atoms with Gasteiger partial charge in [0, 0.05) is 13.3 Å². The maximum Gasteiger partial charge on any atom is 0.303 e.